The number of aromatic nitrogens is 2. The second-order valence-corrected chi connectivity index (χ2v) is 7.82. The average molecular weight is 352 g/mol. The first kappa shape index (κ1) is 16.5. The zero-order chi connectivity index (χ0) is 16.2. The van der Waals surface area contributed by atoms with Crippen LogP contribution < -0.4 is 10.6 Å². The predicted molar refractivity (Wildman–Crippen MR) is 95.2 cm³/mol. The summed E-state index contributed by atoms with van der Waals surface area (Å²) in [4.78, 5) is 13.3. The molecule has 8 heteroatoms. The van der Waals surface area contributed by atoms with E-state index in [-0.39, 0.29) is 6.61 Å². The van der Waals surface area contributed by atoms with Crippen LogP contribution in [0.1, 0.15) is 6.42 Å². The van der Waals surface area contributed by atoms with E-state index in [1.54, 1.807) is 23.1 Å². The maximum Gasteiger partial charge on any atom is 0.223 e. The molecular formula is C15H21N5OS2. The van der Waals surface area contributed by atoms with Gasteiger partial charge in [0.05, 0.1) is 4.21 Å². The lowest BCUT2D eigenvalue weighted by molar-refractivity contribution is 0.170. The van der Waals surface area contributed by atoms with Gasteiger partial charge in [-0.15, -0.1) is 11.3 Å². The molecule has 1 fully saturated rings. The number of nitrogens with zero attached hydrogens (tertiary/aromatic N) is 4. The highest BCUT2D eigenvalue weighted by molar-refractivity contribution is 8.01. The summed E-state index contributed by atoms with van der Waals surface area (Å²) >= 11 is 3.29. The summed E-state index contributed by atoms with van der Waals surface area (Å²) in [6.07, 6.45) is 0.768. The van der Waals surface area contributed by atoms with Gasteiger partial charge in [0.1, 0.15) is 10.8 Å². The van der Waals surface area contributed by atoms with Crippen LogP contribution in [0.2, 0.25) is 0 Å². The molecule has 0 aliphatic carbocycles. The van der Waals surface area contributed by atoms with E-state index in [1.807, 2.05) is 17.5 Å². The van der Waals surface area contributed by atoms with E-state index in [0.29, 0.717) is 12.0 Å². The van der Waals surface area contributed by atoms with E-state index < -0.39 is 0 Å². The van der Waals surface area contributed by atoms with E-state index in [2.05, 4.69) is 32.9 Å². The summed E-state index contributed by atoms with van der Waals surface area (Å²) in [6, 6.07) is 6.43. The molecule has 3 N–H and O–H groups in total. The molecule has 2 aromatic heterocycles. The van der Waals surface area contributed by atoms with E-state index >= 15 is 0 Å². The summed E-state index contributed by atoms with van der Waals surface area (Å²) < 4.78 is 1.19. The van der Waals surface area contributed by atoms with Crippen LogP contribution >= 0.6 is 23.1 Å². The average Bonchev–Trinajstić information content (AvgIpc) is 3.02. The molecule has 0 spiro atoms. The fourth-order valence-electron chi connectivity index (χ4n) is 2.68. The number of thiophene rings is 1. The summed E-state index contributed by atoms with van der Waals surface area (Å²) in [5.41, 5.74) is 5.91. The van der Waals surface area contributed by atoms with E-state index in [4.69, 9.17) is 5.73 Å². The van der Waals surface area contributed by atoms with Gasteiger partial charge in [0.25, 0.3) is 0 Å². The summed E-state index contributed by atoms with van der Waals surface area (Å²) in [5, 5.41) is 12.1. The van der Waals surface area contributed by atoms with Crippen molar-refractivity contribution in [2.75, 3.05) is 43.9 Å². The maximum absolute atomic E-state index is 9.23. The standard InChI is InChI=1S/C15H21N5OS2/c1-19-5-6-20(10-11(19)4-7-21)12-9-13(18-15(16)17-12)23-14-3-2-8-22-14/h2-3,8-9,11,21H,4-7,10H2,1H3,(H2,16,17,18)/t11-/m1/s1. The van der Waals surface area contributed by atoms with Crippen molar-refractivity contribution in [3.8, 4) is 0 Å². The zero-order valence-corrected chi connectivity index (χ0v) is 14.7. The Labute approximate surface area is 144 Å². The van der Waals surface area contributed by atoms with Crippen LogP contribution in [0, 0.1) is 0 Å². The highest BCUT2D eigenvalue weighted by atomic mass is 32.2. The molecule has 3 heterocycles. The third-order valence-electron chi connectivity index (χ3n) is 3.97. The van der Waals surface area contributed by atoms with Gasteiger partial charge in [-0.2, -0.15) is 4.98 Å². The number of piperazine rings is 1. The maximum atomic E-state index is 9.23. The molecule has 3 rings (SSSR count). The number of anilines is 2. The number of rotatable bonds is 5. The zero-order valence-electron chi connectivity index (χ0n) is 13.1. The van der Waals surface area contributed by atoms with Crippen molar-refractivity contribution in [1.29, 1.82) is 0 Å². The fraction of sp³-hybridized carbons (Fsp3) is 0.467. The number of likely N-dealkylation sites (N-methyl/N-ethyl adjacent to an activating group) is 1. The lowest BCUT2D eigenvalue weighted by atomic mass is 10.1. The van der Waals surface area contributed by atoms with Gasteiger partial charge in [-0.25, -0.2) is 4.98 Å². The van der Waals surface area contributed by atoms with Crippen LogP contribution in [0.5, 0.6) is 0 Å². The number of nitrogens with two attached hydrogens (primary N) is 1. The van der Waals surface area contributed by atoms with Crippen LogP contribution in [0.25, 0.3) is 0 Å². The molecule has 0 bridgehead atoms. The largest absolute Gasteiger partial charge is 0.396 e. The smallest absolute Gasteiger partial charge is 0.223 e. The Kier molecular flexibility index (Phi) is 5.37. The van der Waals surface area contributed by atoms with Crippen molar-refractivity contribution in [3.05, 3.63) is 23.6 Å². The number of hydrogen-bond donors (Lipinski definition) is 2. The first-order chi connectivity index (χ1) is 11.2. The molecule has 0 radical (unpaired) electrons. The second kappa shape index (κ2) is 7.48. The van der Waals surface area contributed by atoms with Crippen molar-refractivity contribution in [2.45, 2.75) is 21.7 Å². The highest BCUT2D eigenvalue weighted by Crippen LogP contribution is 2.32. The minimum atomic E-state index is 0.203. The SMILES string of the molecule is CN1CCN(c2cc(Sc3cccs3)nc(N)n2)C[C@H]1CCO. The van der Waals surface area contributed by atoms with E-state index in [0.717, 1.165) is 36.9 Å². The molecule has 1 saturated heterocycles. The van der Waals surface area contributed by atoms with Gasteiger partial charge < -0.3 is 15.7 Å². The van der Waals surface area contributed by atoms with Gasteiger partial charge >= 0.3 is 0 Å². The number of aliphatic hydroxyl groups excluding tert-OH is 1. The van der Waals surface area contributed by atoms with Gasteiger partial charge in [0.2, 0.25) is 5.95 Å². The molecular weight excluding hydrogens is 330 g/mol. The fourth-order valence-corrected chi connectivity index (χ4v) is 4.40. The Bertz CT molecular complexity index is 637. The first-order valence-corrected chi connectivity index (χ1v) is 9.27. The van der Waals surface area contributed by atoms with Crippen LogP contribution in [-0.2, 0) is 0 Å². The topological polar surface area (TPSA) is 78.5 Å². The molecule has 0 aromatic carbocycles. The minimum Gasteiger partial charge on any atom is -0.396 e. The van der Waals surface area contributed by atoms with Crippen molar-refractivity contribution in [2.24, 2.45) is 0 Å². The molecule has 0 saturated carbocycles. The van der Waals surface area contributed by atoms with Crippen LogP contribution in [0.3, 0.4) is 0 Å². The number of hydrogen-bond acceptors (Lipinski definition) is 8. The van der Waals surface area contributed by atoms with Crippen molar-refractivity contribution >= 4 is 34.9 Å². The van der Waals surface area contributed by atoms with Gasteiger partial charge in [-0.3, -0.25) is 4.90 Å². The number of nitrogen functional groups attached to an aromatic ring is 1. The molecule has 1 atom stereocenters. The molecule has 1 aliphatic rings. The van der Waals surface area contributed by atoms with Gasteiger partial charge in [0.15, 0.2) is 0 Å². The minimum absolute atomic E-state index is 0.203. The Morgan fingerprint density at radius 3 is 3.04 bits per heavy atom. The summed E-state index contributed by atoms with van der Waals surface area (Å²) in [6.45, 7) is 2.89. The van der Waals surface area contributed by atoms with Crippen molar-refractivity contribution in [1.82, 2.24) is 14.9 Å². The molecule has 124 valence electrons. The molecule has 1 aliphatic heterocycles. The van der Waals surface area contributed by atoms with Gasteiger partial charge in [0, 0.05) is 38.3 Å². The normalized spacial score (nSPS) is 19.2. The van der Waals surface area contributed by atoms with Crippen molar-refractivity contribution in [3.63, 3.8) is 0 Å². The van der Waals surface area contributed by atoms with E-state index in [1.165, 1.54) is 4.21 Å². The Balaban J connectivity index is 1.77. The van der Waals surface area contributed by atoms with Crippen LogP contribution in [0.15, 0.2) is 32.8 Å². The Hall–Kier alpha value is -1.35. The van der Waals surface area contributed by atoms with Gasteiger partial charge in [-0.05, 0) is 24.9 Å². The van der Waals surface area contributed by atoms with Crippen LogP contribution in [0.4, 0.5) is 11.8 Å². The van der Waals surface area contributed by atoms with Gasteiger partial charge in [-0.1, -0.05) is 17.8 Å². The summed E-state index contributed by atoms with van der Waals surface area (Å²) in [7, 11) is 2.10. The van der Waals surface area contributed by atoms with E-state index in [9.17, 15) is 5.11 Å². The molecule has 0 unspecified atom stereocenters. The van der Waals surface area contributed by atoms with Crippen LogP contribution in [-0.4, -0.2) is 59.3 Å². The highest BCUT2D eigenvalue weighted by Gasteiger charge is 2.25. The second-order valence-electron chi connectivity index (χ2n) is 5.55. The first-order valence-electron chi connectivity index (χ1n) is 7.57. The number of aliphatic hydroxyl groups is 1. The lowest BCUT2D eigenvalue weighted by Crippen LogP contribution is -2.52. The molecule has 23 heavy (non-hydrogen) atoms. The lowest BCUT2D eigenvalue weighted by Gasteiger charge is -2.40. The molecule has 2 aromatic rings. The Morgan fingerprint density at radius 1 is 1.43 bits per heavy atom. The quantitative estimate of drug-likeness (QED) is 0.795. The molecule has 6 nitrogen and oxygen atoms in total. The Morgan fingerprint density at radius 2 is 2.30 bits per heavy atom. The molecule has 0 amide bonds. The van der Waals surface area contributed by atoms with Crippen molar-refractivity contribution < 1.29 is 5.11 Å². The third kappa shape index (κ3) is 4.14. The third-order valence-corrected chi connectivity index (χ3v) is 5.93. The monoisotopic (exact) mass is 351 g/mol. The summed E-state index contributed by atoms with van der Waals surface area (Å²) in [5.74, 6) is 1.17. The predicted octanol–water partition coefficient (Wildman–Crippen LogP) is 1.77.